The van der Waals surface area contributed by atoms with Gasteiger partial charge in [-0.25, -0.2) is 19.9 Å². The molecule has 0 bridgehead atoms. The van der Waals surface area contributed by atoms with Crippen molar-refractivity contribution in [3.05, 3.63) is 42.9 Å². The third-order valence-corrected chi connectivity index (χ3v) is 4.71. The Balaban J connectivity index is 1.38. The maximum absolute atomic E-state index is 4.48. The highest BCUT2D eigenvalue weighted by atomic mass is 15.3. The second-order valence-corrected chi connectivity index (χ2v) is 6.38. The van der Waals surface area contributed by atoms with Crippen LogP contribution in [0.2, 0.25) is 0 Å². The number of nitrogens with zero attached hydrogens (tertiary/aromatic N) is 6. The van der Waals surface area contributed by atoms with Crippen LogP contribution in [0.5, 0.6) is 0 Å². The lowest BCUT2D eigenvalue weighted by Gasteiger charge is -2.39. The summed E-state index contributed by atoms with van der Waals surface area (Å²) in [4.78, 5) is 22.2. The van der Waals surface area contributed by atoms with Crippen LogP contribution in [0, 0.1) is 0 Å². The summed E-state index contributed by atoms with van der Waals surface area (Å²) in [5.74, 6) is 2.01. The molecule has 2 fully saturated rings. The van der Waals surface area contributed by atoms with E-state index in [4.69, 9.17) is 0 Å². The van der Waals surface area contributed by atoms with E-state index in [1.54, 1.807) is 6.33 Å². The van der Waals surface area contributed by atoms with Gasteiger partial charge in [-0.15, -0.1) is 0 Å². The highest BCUT2D eigenvalue weighted by Crippen LogP contribution is 2.35. The Morgan fingerprint density at radius 1 is 0.957 bits per heavy atom. The van der Waals surface area contributed by atoms with Gasteiger partial charge in [-0.05, 0) is 37.8 Å². The highest BCUT2D eigenvalue weighted by Gasteiger charge is 2.36. The third-order valence-electron chi connectivity index (χ3n) is 4.71. The molecule has 2 aromatic heterocycles. The number of hydrogen-bond donors (Lipinski definition) is 0. The van der Waals surface area contributed by atoms with Gasteiger partial charge in [-0.1, -0.05) is 0 Å². The molecule has 6 heteroatoms. The van der Waals surface area contributed by atoms with Crippen LogP contribution in [-0.4, -0.2) is 50.0 Å². The lowest BCUT2D eigenvalue weighted by molar-refractivity contribution is 0.196. The van der Waals surface area contributed by atoms with Gasteiger partial charge >= 0.3 is 0 Å². The number of piperidine rings is 1. The third kappa shape index (κ3) is 3.47. The minimum absolute atomic E-state index is 0.588. The summed E-state index contributed by atoms with van der Waals surface area (Å²) in [6.45, 7) is 3.04. The van der Waals surface area contributed by atoms with Gasteiger partial charge < -0.3 is 4.90 Å². The van der Waals surface area contributed by atoms with Gasteiger partial charge in [0.15, 0.2) is 0 Å². The lowest BCUT2D eigenvalue weighted by Crippen LogP contribution is -2.46. The zero-order valence-corrected chi connectivity index (χ0v) is 13.3. The molecule has 6 nitrogen and oxygen atoms in total. The summed E-state index contributed by atoms with van der Waals surface area (Å²) in [6.07, 6.45) is 12.1. The van der Waals surface area contributed by atoms with Gasteiger partial charge in [0.25, 0.3) is 0 Å². The Hall–Kier alpha value is -2.08. The van der Waals surface area contributed by atoms with Gasteiger partial charge in [0.2, 0.25) is 0 Å². The van der Waals surface area contributed by atoms with Crippen LogP contribution < -0.4 is 4.90 Å². The Morgan fingerprint density at radius 2 is 1.70 bits per heavy atom. The molecule has 0 N–H and O–H groups in total. The van der Waals surface area contributed by atoms with Crippen LogP contribution in [0.4, 0.5) is 5.82 Å². The average molecular weight is 310 g/mol. The van der Waals surface area contributed by atoms with Gasteiger partial charge in [0.1, 0.15) is 18.0 Å². The van der Waals surface area contributed by atoms with Crippen LogP contribution >= 0.6 is 0 Å². The lowest BCUT2D eigenvalue weighted by atomic mass is 10.0. The first-order chi connectivity index (χ1) is 11.4. The molecule has 0 spiro atoms. The number of anilines is 1. The maximum atomic E-state index is 4.48. The molecule has 1 saturated carbocycles. The van der Waals surface area contributed by atoms with Gasteiger partial charge in [0.05, 0.1) is 6.54 Å². The fourth-order valence-electron chi connectivity index (χ4n) is 3.43. The topological polar surface area (TPSA) is 58.0 Å². The second-order valence-electron chi connectivity index (χ2n) is 6.38. The summed E-state index contributed by atoms with van der Waals surface area (Å²) in [5, 5.41) is 0. The van der Waals surface area contributed by atoms with Crippen molar-refractivity contribution in [2.75, 3.05) is 18.0 Å². The molecule has 0 unspecified atom stereocenters. The zero-order chi connectivity index (χ0) is 15.5. The smallest absolute Gasteiger partial charge is 0.142 e. The first kappa shape index (κ1) is 14.5. The van der Waals surface area contributed by atoms with E-state index in [9.17, 15) is 0 Å². The van der Waals surface area contributed by atoms with E-state index in [1.807, 2.05) is 30.7 Å². The average Bonchev–Trinajstić information content (AvgIpc) is 3.44. The van der Waals surface area contributed by atoms with Crippen molar-refractivity contribution in [3.63, 3.8) is 0 Å². The molecule has 0 aromatic carbocycles. The summed E-state index contributed by atoms with van der Waals surface area (Å²) >= 11 is 0. The molecule has 1 saturated heterocycles. The van der Waals surface area contributed by atoms with E-state index >= 15 is 0 Å². The normalized spacial score (nSPS) is 19.7. The van der Waals surface area contributed by atoms with E-state index < -0.39 is 0 Å². The molecule has 4 rings (SSSR count). The molecule has 2 aromatic rings. The molecule has 1 aliphatic heterocycles. The molecule has 0 radical (unpaired) electrons. The molecule has 0 atom stereocenters. The molecule has 1 aliphatic carbocycles. The molecule has 23 heavy (non-hydrogen) atoms. The second kappa shape index (κ2) is 6.58. The van der Waals surface area contributed by atoms with E-state index in [0.29, 0.717) is 12.1 Å². The first-order valence-corrected chi connectivity index (χ1v) is 8.43. The maximum Gasteiger partial charge on any atom is 0.142 e. The van der Waals surface area contributed by atoms with Gasteiger partial charge in [-0.3, -0.25) is 4.90 Å². The molecule has 3 heterocycles. The summed E-state index contributed by atoms with van der Waals surface area (Å²) in [6, 6.07) is 5.18. The van der Waals surface area contributed by atoms with Crippen LogP contribution in [0.25, 0.3) is 0 Å². The SMILES string of the molecule is c1cnc(CN2CCC(N(c3ccncn3)C3CC3)CC2)nc1. The Bertz CT molecular complexity index is 607. The van der Waals surface area contributed by atoms with E-state index in [2.05, 4.69) is 29.7 Å². The summed E-state index contributed by atoms with van der Waals surface area (Å²) in [5.41, 5.74) is 0. The number of aromatic nitrogens is 4. The van der Waals surface area contributed by atoms with Crippen molar-refractivity contribution in [2.24, 2.45) is 0 Å². The Labute approximate surface area is 136 Å². The fraction of sp³-hybridized carbons (Fsp3) is 0.529. The summed E-state index contributed by atoms with van der Waals surface area (Å²) in [7, 11) is 0. The van der Waals surface area contributed by atoms with Crippen LogP contribution in [-0.2, 0) is 6.54 Å². The minimum atomic E-state index is 0.588. The number of rotatable bonds is 5. The zero-order valence-electron chi connectivity index (χ0n) is 13.3. The monoisotopic (exact) mass is 310 g/mol. The van der Waals surface area contributed by atoms with Gasteiger partial charge in [0, 0.05) is 43.8 Å². The molecule has 120 valence electrons. The largest absolute Gasteiger partial charge is 0.350 e. The van der Waals surface area contributed by atoms with Crippen LogP contribution in [0.1, 0.15) is 31.5 Å². The van der Waals surface area contributed by atoms with E-state index in [1.165, 1.54) is 25.7 Å². The van der Waals surface area contributed by atoms with Crippen molar-refractivity contribution in [1.29, 1.82) is 0 Å². The molecule has 2 aliphatic rings. The van der Waals surface area contributed by atoms with E-state index in [-0.39, 0.29) is 0 Å². The molecule has 0 amide bonds. The molecular formula is C17H22N6. The quantitative estimate of drug-likeness (QED) is 0.841. The first-order valence-electron chi connectivity index (χ1n) is 8.43. The van der Waals surface area contributed by atoms with Crippen molar-refractivity contribution in [2.45, 2.75) is 44.3 Å². The predicted octanol–water partition coefficient (Wildman–Crippen LogP) is 1.90. The van der Waals surface area contributed by atoms with Crippen molar-refractivity contribution < 1.29 is 0 Å². The highest BCUT2D eigenvalue weighted by molar-refractivity contribution is 5.41. The minimum Gasteiger partial charge on any atom is -0.350 e. The fourth-order valence-corrected chi connectivity index (χ4v) is 3.43. The predicted molar refractivity (Wildman–Crippen MR) is 87.9 cm³/mol. The van der Waals surface area contributed by atoms with Crippen molar-refractivity contribution >= 4 is 5.82 Å². The Kier molecular flexibility index (Phi) is 4.15. The van der Waals surface area contributed by atoms with Crippen molar-refractivity contribution in [1.82, 2.24) is 24.8 Å². The summed E-state index contributed by atoms with van der Waals surface area (Å²) < 4.78 is 0. The number of likely N-dealkylation sites (tertiary alicyclic amines) is 1. The van der Waals surface area contributed by atoms with Crippen LogP contribution in [0.3, 0.4) is 0 Å². The molecular weight excluding hydrogens is 288 g/mol. The standard InChI is InChI=1S/C17H22N6/c1-7-19-16(20-8-1)12-22-10-5-15(6-11-22)23(14-2-3-14)17-4-9-18-13-21-17/h1,4,7-9,13-15H,2-3,5-6,10-12H2. The van der Waals surface area contributed by atoms with E-state index in [0.717, 1.165) is 31.3 Å². The van der Waals surface area contributed by atoms with Crippen molar-refractivity contribution in [3.8, 4) is 0 Å². The van der Waals surface area contributed by atoms with Crippen LogP contribution in [0.15, 0.2) is 37.1 Å². The van der Waals surface area contributed by atoms with Gasteiger partial charge in [-0.2, -0.15) is 0 Å². The number of hydrogen-bond acceptors (Lipinski definition) is 6. The Morgan fingerprint density at radius 3 is 2.35 bits per heavy atom.